The van der Waals surface area contributed by atoms with E-state index >= 15 is 0 Å². The average molecular weight is 531 g/mol. The number of unbranched alkanes of at least 4 members (excludes halogenated alkanes) is 26. The van der Waals surface area contributed by atoms with Crippen molar-refractivity contribution in [3.8, 4) is 0 Å². The van der Waals surface area contributed by atoms with Crippen LogP contribution in [0.4, 0.5) is 0 Å². The van der Waals surface area contributed by atoms with E-state index in [0.29, 0.717) is 0 Å². The van der Waals surface area contributed by atoms with Gasteiger partial charge in [-0.2, -0.15) is 0 Å². The van der Waals surface area contributed by atoms with Gasteiger partial charge in [-0.1, -0.05) is 192 Å². The third-order valence-corrected chi connectivity index (χ3v) is 10.5. The van der Waals surface area contributed by atoms with E-state index < -0.39 is 9.83 Å². The van der Waals surface area contributed by atoms with E-state index in [4.69, 9.17) is 0 Å². The molecule has 0 aliphatic carbocycles. The maximum atomic E-state index is 12.2. The second-order valence-corrected chi connectivity index (χ2v) is 14.5. The second kappa shape index (κ2) is 32.5. The maximum absolute atomic E-state index is 12.2. The molecule has 0 aromatic rings. The summed E-state index contributed by atoms with van der Waals surface area (Å²) in [7, 11) is 1.08. The van der Waals surface area contributed by atoms with Gasteiger partial charge < -0.3 is 0 Å². The lowest BCUT2D eigenvalue weighted by Crippen LogP contribution is -1.94. The van der Waals surface area contributed by atoms with E-state index in [0.717, 1.165) is 17.9 Å². The molecule has 1 atom stereocenters. The first-order valence-electron chi connectivity index (χ1n) is 16.3. The molecule has 3 heteroatoms. The lowest BCUT2D eigenvalue weighted by atomic mass is 10.0. The predicted octanol–water partition coefficient (Wildman–Crippen LogP) is 12.3. The molecular weight excluding hydrogens is 464 g/mol. The van der Waals surface area contributed by atoms with Gasteiger partial charge in [0.15, 0.2) is 0 Å². The van der Waals surface area contributed by atoms with Gasteiger partial charge in [-0.25, -0.2) is 4.21 Å². The SMILES string of the molecule is CCCCCCCCCCCCCCCCSS(=O)CCCCCCCCCCCCCCCC. The summed E-state index contributed by atoms with van der Waals surface area (Å²) in [6.45, 7) is 4.59. The number of hydrogen-bond acceptors (Lipinski definition) is 2. The summed E-state index contributed by atoms with van der Waals surface area (Å²) in [4.78, 5) is 0. The molecular formula is C32H66OS2. The maximum Gasteiger partial charge on any atom is 0.0803 e. The summed E-state index contributed by atoms with van der Waals surface area (Å²) in [5, 5.41) is 0. The topological polar surface area (TPSA) is 17.1 Å². The van der Waals surface area contributed by atoms with E-state index in [2.05, 4.69) is 13.8 Å². The lowest BCUT2D eigenvalue weighted by Gasteiger charge is -2.04. The molecule has 0 fully saturated rings. The summed E-state index contributed by atoms with van der Waals surface area (Å²) in [5.74, 6) is 2.02. The van der Waals surface area contributed by atoms with E-state index in [1.165, 1.54) is 173 Å². The van der Waals surface area contributed by atoms with Gasteiger partial charge in [0.25, 0.3) is 0 Å². The zero-order chi connectivity index (χ0) is 25.5. The zero-order valence-electron chi connectivity index (χ0n) is 24.4. The fourth-order valence-corrected chi connectivity index (χ4v) is 7.61. The van der Waals surface area contributed by atoms with Crippen LogP contribution in [0, 0.1) is 0 Å². The molecule has 0 aliphatic rings. The van der Waals surface area contributed by atoms with Crippen LogP contribution in [-0.2, 0) is 9.83 Å². The van der Waals surface area contributed by atoms with Gasteiger partial charge in [0.05, 0.1) is 9.83 Å². The van der Waals surface area contributed by atoms with Crippen LogP contribution in [-0.4, -0.2) is 15.7 Å². The van der Waals surface area contributed by atoms with E-state index in [1.807, 2.05) is 0 Å². The van der Waals surface area contributed by atoms with Crippen molar-refractivity contribution in [1.29, 1.82) is 0 Å². The molecule has 0 aliphatic heterocycles. The van der Waals surface area contributed by atoms with Crippen molar-refractivity contribution < 1.29 is 4.21 Å². The molecule has 1 nitrogen and oxygen atoms in total. The molecule has 212 valence electrons. The van der Waals surface area contributed by atoms with Crippen LogP contribution in [0.5, 0.6) is 0 Å². The van der Waals surface area contributed by atoms with Gasteiger partial charge >= 0.3 is 0 Å². The standard InChI is InChI=1S/C32H66OS2/c1-3-5-7-9-11-13-15-17-19-21-23-25-27-29-31-34-35(33)32-30-28-26-24-22-20-18-16-14-12-10-8-6-4-2/h3-32H2,1-2H3. The molecule has 35 heavy (non-hydrogen) atoms. The normalized spacial score (nSPS) is 12.4. The Bertz CT molecular complexity index is 399. The fourth-order valence-electron chi connectivity index (χ4n) is 4.92. The van der Waals surface area contributed by atoms with Crippen LogP contribution in [0.1, 0.15) is 194 Å². The highest BCUT2D eigenvalue weighted by Crippen LogP contribution is 2.17. The first-order chi connectivity index (χ1) is 17.3. The lowest BCUT2D eigenvalue weighted by molar-refractivity contribution is 0.538. The Kier molecular flexibility index (Phi) is 33.0. The molecule has 1 unspecified atom stereocenters. The minimum atomic E-state index is -0.636. The van der Waals surface area contributed by atoms with Gasteiger partial charge in [0.2, 0.25) is 0 Å². The van der Waals surface area contributed by atoms with Crippen LogP contribution in [0.15, 0.2) is 0 Å². The minimum Gasteiger partial charge on any atom is -0.248 e. The molecule has 0 rings (SSSR count). The van der Waals surface area contributed by atoms with Crippen molar-refractivity contribution in [1.82, 2.24) is 0 Å². The Morgan fingerprint density at radius 1 is 0.371 bits per heavy atom. The zero-order valence-corrected chi connectivity index (χ0v) is 26.1. The Balaban J connectivity index is 3.14. The highest BCUT2D eigenvalue weighted by molar-refractivity contribution is 8.69. The summed E-state index contributed by atoms with van der Waals surface area (Å²) in [6.07, 6.45) is 39.2. The third kappa shape index (κ3) is 32.5. The highest BCUT2D eigenvalue weighted by Gasteiger charge is 2.01. The second-order valence-electron chi connectivity index (χ2n) is 11.0. The molecule has 0 radical (unpaired) electrons. The molecule has 0 amide bonds. The van der Waals surface area contributed by atoms with Crippen LogP contribution in [0.3, 0.4) is 0 Å². The fraction of sp³-hybridized carbons (Fsp3) is 1.00. The predicted molar refractivity (Wildman–Crippen MR) is 166 cm³/mol. The molecule has 0 bridgehead atoms. The van der Waals surface area contributed by atoms with Crippen molar-refractivity contribution in [3.63, 3.8) is 0 Å². The summed E-state index contributed by atoms with van der Waals surface area (Å²) in [5.41, 5.74) is 0. The van der Waals surface area contributed by atoms with Crippen molar-refractivity contribution in [3.05, 3.63) is 0 Å². The summed E-state index contributed by atoms with van der Waals surface area (Å²) in [6, 6.07) is 0. The Morgan fingerprint density at radius 3 is 0.943 bits per heavy atom. The smallest absolute Gasteiger partial charge is 0.0803 e. The number of rotatable bonds is 31. The van der Waals surface area contributed by atoms with E-state index in [1.54, 1.807) is 10.8 Å². The van der Waals surface area contributed by atoms with Gasteiger partial charge in [-0.3, -0.25) is 0 Å². The van der Waals surface area contributed by atoms with Crippen LogP contribution < -0.4 is 0 Å². The van der Waals surface area contributed by atoms with Crippen LogP contribution >= 0.6 is 10.8 Å². The summed E-state index contributed by atoms with van der Waals surface area (Å²) < 4.78 is 12.2. The van der Waals surface area contributed by atoms with Crippen molar-refractivity contribution in [2.24, 2.45) is 0 Å². The monoisotopic (exact) mass is 530 g/mol. The summed E-state index contributed by atoms with van der Waals surface area (Å²) >= 11 is 0. The molecule has 0 aromatic heterocycles. The van der Waals surface area contributed by atoms with E-state index in [-0.39, 0.29) is 0 Å². The van der Waals surface area contributed by atoms with Crippen molar-refractivity contribution in [2.75, 3.05) is 11.5 Å². The average Bonchev–Trinajstić information content (AvgIpc) is 2.86. The van der Waals surface area contributed by atoms with Gasteiger partial charge in [-0.05, 0) is 12.8 Å². The van der Waals surface area contributed by atoms with E-state index in [9.17, 15) is 4.21 Å². The van der Waals surface area contributed by atoms with Gasteiger partial charge in [0.1, 0.15) is 0 Å². The molecule has 0 aromatic carbocycles. The van der Waals surface area contributed by atoms with Crippen molar-refractivity contribution >= 4 is 20.6 Å². The van der Waals surface area contributed by atoms with Crippen molar-refractivity contribution in [2.45, 2.75) is 194 Å². The Labute approximate surface area is 229 Å². The van der Waals surface area contributed by atoms with Crippen LogP contribution in [0.2, 0.25) is 0 Å². The molecule has 0 spiro atoms. The van der Waals surface area contributed by atoms with Gasteiger partial charge in [0, 0.05) is 11.5 Å². The first kappa shape index (κ1) is 35.5. The quantitative estimate of drug-likeness (QED) is 0.0654. The van der Waals surface area contributed by atoms with Crippen LogP contribution in [0.25, 0.3) is 0 Å². The van der Waals surface area contributed by atoms with Gasteiger partial charge in [-0.15, -0.1) is 0 Å². The number of hydrogen-bond donors (Lipinski definition) is 0. The highest BCUT2D eigenvalue weighted by atomic mass is 33.1. The minimum absolute atomic E-state index is 0.636. The largest absolute Gasteiger partial charge is 0.248 e. The molecule has 0 saturated heterocycles. The molecule has 0 N–H and O–H groups in total. The third-order valence-electron chi connectivity index (χ3n) is 7.38. The Morgan fingerprint density at radius 2 is 0.629 bits per heavy atom. The Hall–Kier alpha value is 0.500. The molecule has 0 heterocycles. The molecule has 0 saturated carbocycles. The first-order valence-corrected chi connectivity index (χ1v) is 19.1.